The summed E-state index contributed by atoms with van der Waals surface area (Å²) in [7, 11) is 0. The fourth-order valence-electron chi connectivity index (χ4n) is 4.29. The zero-order chi connectivity index (χ0) is 25.4. The SMILES string of the molecule is CCCOc1ccc(C2C(=C(O)c3ccccc3)C(=O)C(=O)N2CCN(CC)CC)cc1OCC. The van der Waals surface area contributed by atoms with Crippen molar-refractivity contribution in [3.05, 3.63) is 65.2 Å². The molecule has 1 N–H and O–H groups in total. The molecular weight excluding hydrogens is 444 g/mol. The summed E-state index contributed by atoms with van der Waals surface area (Å²) >= 11 is 0. The van der Waals surface area contributed by atoms with Gasteiger partial charge in [0.2, 0.25) is 0 Å². The first-order chi connectivity index (χ1) is 17.0. The lowest BCUT2D eigenvalue weighted by Crippen LogP contribution is -2.38. The Kier molecular flexibility index (Phi) is 9.32. The van der Waals surface area contributed by atoms with Crippen molar-refractivity contribution in [1.29, 1.82) is 0 Å². The Hall–Kier alpha value is -3.32. The lowest BCUT2D eigenvalue weighted by molar-refractivity contribution is -0.140. The van der Waals surface area contributed by atoms with Crippen molar-refractivity contribution < 1.29 is 24.2 Å². The molecule has 1 atom stereocenters. The van der Waals surface area contributed by atoms with Crippen LogP contribution in [0.25, 0.3) is 5.76 Å². The van der Waals surface area contributed by atoms with E-state index in [0.717, 1.165) is 19.5 Å². The van der Waals surface area contributed by atoms with Crippen LogP contribution in [0.1, 0.15) is 51.3 Å². The van der Waals surface area contributed by atoms with E-state index in [4.69, 9.17) is 9.47 Å². The first-order valence-electron chi connectivity index (χ1n) is 12.4. The van der Waals surface area contributed by atoms with Crippen molar-refractivity contribution in [3.8, 4) is 11.5 Å². The zero-order valence-corrected chi connectivity index (χ0v) is 21.1. The predicted octanol–water partition coefficient (Wildman–Crippen LogP) is 4.64. The molecule has 0 bridgehead atoms. The second kappa shape index (κ2) is 12.4. The van der Waals surface area contributed by atoms with Crippen LogP contribution in [0.5, 0.6) is 11.5 Å². The number of likely N-dealkylation sites (tertiary alicyclic amines) is 1. The average Bonchev–Trinajstić information content (AvgIpc) is 3.13. The molecular formula is C28H36N2O5. The molecule has 0 aliphatic carbocycles. The third kappa shape index (κ3) is 5.85. The van der Waals surface area contributed by atoms with E-state index in [-0.39, 0.29) is 11.3 Å². The van der Waals surface area contributed by atoms with Gasteiger partial charge in [0.1, 0.15) is 5.76 Å². The number of carbonyl (C=O) groups excluding carboxylic acids is 2. The van der Waals surface area contributed by atoms with Gasteiger partial charge >= 0.3 is 0 Å². The molecule has 0 saturated carbocycles. The number of carbonyl (C=O) groups is 2. The van der Waals surface area contributed by atoms with Gasteiger partial charge in [0, 0.05) is 18.7 Å². The number of hydrogen-bond donors (Lipinski definition) is 1. The third-order valence-corrected chi connectivity index (χ3v) is 6.18. The summed E-state index contributed by atoms with van der Waals surface area (Å²) in [5, 5.41) is 11.2. The average molecular weight is 481 g/mol. The van der Waals surface area contributed by atoms with Gasteiger partial charge < -0.3 is 24.4 Å². The Morgan fingerprint density at radius 3 is 2.31 bits per heavy atom. The number of ether oxygens (including phenoxy) is 2. The first-order valence-corrected chi connectivity index (χ1v) is 12.4. The van der Waals surface area contributed by atoms with Gasteiger partial charge in [0.05, 0.1) is 24.8 Å². The zero-order valence-electron chi connectivity index (χ0n) is 21.1. The van der Waals surface area contributed by atoms with Crippen LogP contribution in [0.3, 0.4) is 0 Å². The van der Waals surface area contributed by atoms with Crippen LogP contribution in [-0.4, -0.2) is 66.0 Å². The van der Waals surface area contributed by atoms with Crippen molar-refractivity contribution in [1.82, 2.24) is 9.80 Å². The maximum Gasteiger partial charge on any atom is 0.295 e. The third-order valence-electron chi connectivity index (χ3n) is 6.18. The summed E-state index contributed by atoms with van der Waals surface area (Å²) in [6.07, 6.45) is 0.857. The molecule has 0 radical (unpaired) electrons. The highest BCUT2D eigenvalue weighted by molar-refractivity contribution is 6.46. The largest absolute Gasteiger partial charge is 0.507 e. The van der Waals surface area contributed by atoms with Crippen molar-refractivity contribution >= 4 is 17.4 Å². The molecule has 2 aromatic carbocycles. The number of rotatable bonds is 12. The van der Waals surface area contributed by atoms with E-state index in [1.807, 2.05) is 38.1 Å². The second-order valence-corrected chi connectivity index (χ2v) is 8.37. The van der Waals surface area contributed by atoms with E-state index in [1.165, 1.54) is 0 Å². The maximum absolute atomic E-state index is 13.2. The molecule has 0 spiro atoms. The molecule has 3 rings (SSSR count). The number of likely N-dealkylation sites (N-methyl/N-ethyl adjacent to an activating group) is 1. The number of ketones is 1. The number of aliphatic hydroxyl groups is 1. The fraction of sp³-hybridized carbons (Fsp3) is 0.429. The molecule has 1 heterocycles. The summed E-state index contributed by atoms with van der Waals surface area (Å²) in [6, 6.07) is 13.6. The quantitative estimate of drug-likeness (QED) is 0.271. The number of benzene rings is 2. The highest BCUT2D eigenvalue weighted by Gasteiger charge is 2.46. The highest BCUT2D eigenvalue weighted by atomic mass is 16.5. The Balaban J connectivity index is 2.12. The van der Waals surface area contributed by atoms with Gasteiger partial charge in [-0.05, 0) is 44.1 Å². The Labute approximate surface area is 207 Å². The van der Waals surface area contributed by atoms with Gasteiger partial charge in [0.15, 0.2) is 11.5 Å². The summed E-state index contributed by atoms with van der Waals surface area (Å²) < 4.78 is 11.7. The topological polar surface area (TPSA) is 79.3 Å². The number of Topliss-reactive ketones (excluding diaryl/α,β-unsaturated/α-hetero) is 1. The molecule has 1 unspecified atom stereocenters. The van der Waals surface area contributed by atoms with Crippen molar-refractivity contribution in [3.63, 3.8) is 0 Å². The molecule has 1 aliphatic rings. The minimum atomic E-state index is -0.731. The van der Waals surface area contributed by atoms with Crippen LogP contribution in [0.2, 0.25) is 0 Å². The maximum atomic E-state index is 13.2. The molecule has 188 valence electrons. The number of aliphatic hydroxyl groups excluding tert-OH is 1. The molecule has 7 nitrogen and oxygen atoms in total. The fourth-order valence-corrected chi connectivity index (χ4v) is 4.29. The van der Waals surface area contributed by atoms with Crippen LogP contribution in [0.4, 0.5) is 0 Å². The van der Waals surface area contributed by atoms with Crippen LogP contribution in [0, 0.1) is 0 Å². The predicted molar refractivity (Wildman–Crippen MR) is 137 cm³/mol. The normalized spacial score (nSPS) is 17.3. The smallest absolute Gasteiger partial charge is 0.295 e. The van der Waals surface area contributed by atoms with Crippen LogP contribution >= 0.6 is 0 Å². The molecule has 1 amide bonds. The van der Waals surface area contributed by atoms with Gasteiger partial charge in [-0.25, -0.2) is 0 Å². The molecule has 1 aliphatic heterocycles. The van der Waals surface area contributed by atoms with Crippen molar-refractivity contribution in [2.24, 2.45) is 0 Å². The lowest BCUT2D eigenvalue weighted by atomic mass is 9.95. The number of hydrogen-bond acceptors (Lipinski definition) is 6. The van der Waals surface area contributed by atoms with E-state index >= 15 is 0 Å². The number of amides is 1. The minimum absolute atomic E-state index is 0.0884. The standard InChI is InChI=1S/C28H36N2O5/c1-5-18-35-22-15-14-21(19-23(22)34-8-4)25-24(26(31)20-12-10-9-11-13-20)27(32)28(33)30(25)17-16-29(6-2)7-3/h9-15,19,25,31H,5-8,16-18H2,1-4H3. The summed E-state index contributed by atoms with van der Waals surface area (Å²) in [5.74, 6) is -0.305. The number of nitrogens with zero attached hydrogens (tertiary/aromatic N) is 2. The monoisotopic (exact) mass is 480 g/mol. The van der Waals surface area contributed by atoms with Gasteiger partial charge in [-0.2, -0.15) is 0 Å². The van der Waals surface area contributed by atoms with E-state index in [2.05, 4.69) is 18.7 Å². The van der Waals surface area contributed by atoms with Crippen LogP contribution in [-0.2, 0) is 9.59 Å². The van der Waals surface area contributed by atoms with Crippen molar-refractivity contribution in [2.75, 3.05) is 39.4 Å². The van der Waals surface area contributed by atoms with Gasteiger partial charge in [-0.1, -0.05) is 57.2 Å². The summed E-state index contributed by atoms with van der Waals surface area (Å²) in [6.45, 7) is 11.7. The molecule has 7 heteroatoms. The van der Waals surface area contributed by atoms with E-state index < -0.39 is 17.7 Å². The molecule has 1 saturated heterocycles. The van der Waals surface area contributed by atoms with Gasteiger partial charge in [-0.3, -0.25) is 9.59 Å². The molecule has 0 aromatic heterocycles. The summed E-state index contributed by atoms with van der Waals surface area (Å²) in [4.78, 5) is 30.2. The Bertz CT molecular complexity index is 1050. The van der Waals surface area contributed by atoms with E-state index in [9.17, 15) is 14.7 Å². The minimum Gasteiger partial charge on any atom is -0.507 e. The second-order valence-electron chi connectivity index (χ2n) is 8.37. The Morgan fingerprint density at radius 2 is 1.69 bits per heavy atom. The van der Waals surface area contributed by atoms with Crippen LogP contribution in [0.15, 0.2) is 54.1 Å². The van der Waals surface area contributed by atoms with Crippen molar-refractivity contribution in [2.45, 2.75) is 40.2 Å². The molecule has 35 heavy (non-hydrogen) atoms. The highest BCUT2D eigenvalue weighted by Crippen LogP contribution is 2.42. The first kappa shape index (κ1) is 26.3. The van der Waals surface area contributed by atoms with E-state index in [0.29, 0.717) is 48.9 Å². The summed E-state index contributed by atoms with van der Waals surface area (Å²) in [5.41, 5.74) is 1.27. The van der Waals surface area contributed by atoms with Gasteiger partial charge in [-0.15, -0.1) is 0 Å². The molecule has 1 fully saturated rings. The van der Waals surface area contributed by atoms with Crippen LogP contribution < -0.4 is 9.47 Å². The molecule has 2 aromatic rings. The van der Waals surface area contributed by atoms with E-state index in [1.54, 1.807) is 29.2 Å². The van der Waals surface area contributed by atoms with Gasteiger partial charge in [0.25, 0.3) is 11.7 Å². The lowest BCUT2D eigenvalue weighted by Gasteiger charge is -2.28. The Morgan fingerprint density at radius 1 is 0.971 bits per heavy atom.